The molecule has 0 rings (SSSR count). The second kappa shape index (κ2) is 6.17. The van der Waals surface area contributed by atoms with Crippen molar-refractivity contribution in [2.45, 2.75) is 32.0 Å². The number of esters is 1. The van der Waals surface area contributed by atoms with E-state index in [9.17, 15) is 14.3 Å². The van der Waals surface area contributed by atoms with Gasteiger partial charge in [0.05, 0.1) is 12.9 Å². The molecule has 0 aliphatic heterocycles. The SMILES string of the molecule is CCCCC(N)P(=O)(O)CC(=O)OC. The first-order chi connectivity index (χ1) is 6.44. The van der Waals surface area contributed by atoms with Gasteiger partial charge < -0.3 is 15.4 Å². The molecule has 0 heterocycles. The van der Waals surface area contributed by atoms with Gasteiger partial charge in [-0.25, -0.2) is 0 Å². The molecular formula is C8H18NO4P. The van der Waals surface area contributed by atoms with Gasteiger partial charge in [-0.3, -0.25) is 9.36 Å². The average Bonchev–Trinajstić information content (AvgIpc) is 2.13. The van der Waals surface area contributed by atoms with Gasteiger partial charge in [-0.2, -0.15) is 0 Å². The van der Waals surface area contributed by atoms with Gasteiger partial charge >= 0.3 is 5.97 Å². The van der Waals surface area contributed by atoms with E-state index in [1.807, 2.05) is 6.92 Å². The van der Waals surface area contributed by atoms with Crippen LogP contribution in [0.25, 0.3) is 0 Å². The third-order valence-corrected chi connectivity index (χ3v) is 3.96. The Morgan fingerprint density at radius 2 is 2.21 bits per heavy atom. The summed E-state index contributed by atoms with van der Waals surface area (Å²) in [6, 6.07) is 0. The minimum absolute atomic E-state index is 0.460. The van der Waals surface area contributed by atoms with Crippen LogP contribution >= 0.6 is 7.37 Å². The zero-order chi connectivity index (χ0) is 11.2. The van der Waals surface area contributed by atoms with Gasteiger partial charge in [0.25, 0.3) is 0 Å². The molecule has 0 amide bonds. The summed E-state index contributed by atoms with van der Waals surface area (Å²) in [6.07, 6.45) is 1.66. The van der Waals surface area contributed by atoms with Crippen molar-refractivity contribution < 1.29 is 19.0 Å². The van der Waals surface area contributed by atoms with Gasteiger partial charge in [0.1, 0.15) is 6.16 Å². The molecule has 84 valence electrons. The number of methoxy groups -OCH3 is 1. The van der Waals surface area contributed by atoms with Gasteiger partial charge in [0, 0.05) is 0 Å². The lowest BCUT2D eigenvalue weighted by Crippen LogP contribution is -2.24. The summed E-state index contributed by atoms with van der Waals surface area (Å²) in [7, 11) is -2.40. The van der Waals surface area contributed by atoms with E-state index in [0.29, 0.717) is 6.42 Å². The Bertz CT molecular complexity index is 231. The molecule has 0 radical (unpaired) electrons. The van der Waals surface area contributed by atoms with Crippen molar-refractivity contribution in [3.05, 3.63) is 0 Å². The Morgan fingerprint density at radius 3 is 2.64 bits per heavy atom. The normalized spacial score (nSPS) is 17.1. The van der Waals surface area contributed by atoms with E-state index in [1.54, 1.807) is 0 Å². The fourth-order valence-electron chi connectivity index (χ4n) is 0.982. The number of rotatable bonds is 6. The molecule has 0 aromatic rings. The molecule has 0 bridgehead atoms. The smallest absolute Gasteiger partial charge is 0.315 e. The van der Waals surface area contributed by atoms with Crippen LogP contribution in [0.4, 0.5) is 0 Å². The Hall–Kier alpha value is -0.380. The molecule has 0 spiro atoms. The van der Waals surface area contributed by atoms with E-state index in [0.717, 1.165) is 12.8 Å². The van der Waals surface area contributed by atoms with Crippen LogP contribution in [0.3, 0.4) is 0 Å². The molecule has 3 N–H and O–H groups in total. The Balaban J connectivity index is 4.16. The van der Waals surface area contributed by atoms with Crippen molar-refractivity contribution in [1.82, 2.24) is 0 Å². The molecule has 0 fully saturated rings. The highest BCUT2D eigenvalue weighted by molar-refractivity contribution is 7.59. The average molecular weight is 223 g/mol. The summed E-state index contributed by atoms with van der Waals surface area (Å²) >= 11 is 0. The zero-order valence-corrected chi connectivity index (χ0v) is 9.50. The first kappa shape index (κ1) is 13.6. The topological polar surface area (TPSA) is 89.6 Å². The third-order valence-electron chi connectivity index (χ3n) is 1.95. The van der Waals surface area contributed by atoms with Crippen LogP contribution in [0.5, 0.6) is 0 Å². The predicted molar refractivity (Wildman–Crippen MR) is 54.2 cm³/mol. The van der Waals surface area contributed by atoms with Crippen molar-refractivity contribution in [3.8, 4) is 0 Å². The summed E-state index contributed by atoms with van der Waals surface area (Å²) < 4.78 is 15.8. The highest BCUT2D eigenvalue weighted by Gasteiger charge is 2.30. The molecule has 6 heteroatoms. The largest absolute Gasteiger partial charge is 0.469 e. The number of nitrogens with two attached hydrogens (primary N) is 1. The summed E-state index contributed by atoms with van der Waals surface area (Å²) in [6.45, 7) is 1.97. The minimum Gasteiger partial charge on any atom is -0.469 e. The molecule has 5 nitrogen and oxygen atoms in total. The van der Waals surface area contributed by atoms with E-state index in [-0.39, 0.29) is 0 Å². The molecule has 0 saturated carbocycles. The van der Waals surface area contributed by atoms with E-state index < -0.39 is 25.3 Å². The second-order valence-electron chi connectivity index (χ2n) is 3.20. The minimum atomic E-state index is -3.58. The number of hydrogen-bond donors (Lipinski definition) is 2. The highest BCUT2D eigenvalue weighted by Crippen LogP contribution is 2.45. The quantitative estimate of drug-likeness (QED) is 0.516. The summed E-state index contributed by atoms with van der Waals surface area (Å²) in [5.41, 5.74) is 5.52. The van der Waals surface area contributed by atoms with Crippen LogP contribution in [0, 0.1) is 0 Å². The molecular weight excluding hydrogens is 205 g/mol. The number of hydrogen-bond acceptors (Lipinski definition) is 4. The van der Waals surface area contributed by atoms with Crippen molar-refractivity contribution in [2.75, 3.05) is 13.3 Å². The van der Waals surface area contributed by atoms with Crippen LogP contribution in [-0.2, 0) is 14.1 Å². The van der Waals surface area contributed by atoms with Crippen LogP contribution in [0.15, 0.2) is 0 Å². The maximum atomic E-state index is 11.5. The van der Waals surface area contributed by atoms with E-state index in [2.05, 4.69) is 4.74 Å². The molecule has 0 aliphatic rings. The monoisotopic (exact) mass is 223 g/mol. The van der Waals surface area contributed by atoms with E-state index >= 15 is 0 Å². The first-order valence-electron chi connectivity index (χ1n) is 4.58. The first-order valence-corrected chi connectivity index (χ1v) is 6.49. The van der Waals surface area contributed by atoms with Crippen molar-refractivity contribution >= 4 is 13.3 Å². The Kier molecular flexibility index (Phi) is 6.00. The summed E-state index contributed by atoms with van der Waals surface area (Å²) in [5, 5.41) is 0. The zero-order valence-electron chi connectivity index (χ0n) is 8.60. The molecule has 0 aromatic carbocycles. The third kappa shape index (κ3) is 4.74. The lowest BCUT2D eigenvalue weighted by molar-refractivity contribution is -0.137. The highest BCUT2D eigenvalue weighted by atomic mass is 31.2. The summed E-state index contributed by atoms with van der Waals surface area (Å²) in [4.78, 5) is 20.2. The van der Waals surface area contributed by atoms with Crippen LogP contribution in [0.2, 0.25) is 0 Å². The van der Waals surface area contributed by atoms with Crippen molar-refractivity contribution in [1.29, 1.82) is 0 Å². The Morgan fingerprint density at radius 1 is 1.64 bits per heavy atom. The van der Waals surface area contributed by atoms with Crippen LogP contribution in [0.1, 0.15) is 26.2 Å². The maximum absolute atomic E-state index is 11.5. The number of ether oxygens (including phenoxy) is 1. The van der Waals surface area contributed by atoms with Gasteiger partial charge in [-0.1, -0.05) is 19.8 Å². The standard InChI is InChI=1S/C8H18NO4P/c1-3-4-5-7(9)14(11,12)6-8(10)13-2/h7H,3-6,9H2,1-2H3,(H,11,12). The number of carbonyl (C=O) groups excluding carboxylic acids is 1. The van der Waals surface area contributed by atoms with Crippen molar-refractivity contribution in [2.24, 2.45) is 5.73 Å². The molecule has 14 heavy (non-hydrogen) atoms. The fourth-order valence-corrected chi connectivity index (χ4v) is 2.30. The fraction of sp³-hybridized carbons (Fsp3) is 0.875. The molecule has 0 aromatic heterocycles. The Labute approximate surface area is 84.1 Å². The van der Waals surface area contributed by atoms with Crippen LogP contribution < -0.4 is 5.73 Å². The molecule has 0 saturated heterocycles. The predicted octanol–water partition coefficient (Wildman–Crippen LogP) is 0.905. The lowest BCUT2D eigenvalue weighted by atomic mass is 10.2. The van der Waals surface area contributed by atoms with Gasteiger partial charge in [-0.15, -0.1) is 0 Å². The molecule has 2 atom stereocenters. The second-order valence-corrected chi connectivity index (χ2v) is 5.69. The van der Waals surface area contributed by atoms with Crippen molar-refractivity contribution in [3.63, 3.8) is 0 Å². The maximum Gasteiger partial charge on any atom is 0.315 e. The summed E-state index contributed by atoms with van der Waals surface area (Å²) in [5.74, 6) is -1.51. The molecule has 0 aliphatic carbocycles. The van der Waals surface area contributed by atoms with Crippen LogP contribution in [-0.4, -0.2) is 29.9 Å². The number of unbranched alkanes of at least 4 members (excludes halogenated alkanes) is 1. The van der Waals surface area contributed by atoms with E-state index in [1.165, 1.54) is 7.11 Å². The van der Waals surface area contributed by atoms with E-state index in [4.69, 9.17) is 5.73 Å². The van der Waals surface area contributed by atoms with Gasteiger partial charge in [0.2, 0.25) is 7.37 Å². The van der Waals surface area contributed by atoms with Gasteiger partial charge in [0.15, 0.2) is 0 Å². The number of carbonyl (C=O) groups is 1. The van der Waals surface area contributed by atoms with Gasteiger partial charge in [-0.05, 0) is 6.42 Å². The lowest BCUT2D eigenvalue weighted by Gasteiger charge is -2.17. The molecule has 2 unspecified atom stereocenters.